The number of benzene rings is 3. The molecule has 1 N–H and O–H groups in total. The van der Waals surface area contributed by atoms with Crippen molar-refractivity contribution in [2.45, 2.75) is 67.6 Å². The number of nitriles is 1. The summed E-state index contributed by atoms with van der Waals surface area (Å²) in [5, 5.41) is 10.6. The van der Waals surface area contributed by atoms with Crippen LogP contribution >= 0.6 is 23.2 Å². The normalized spacial score (nSPS) is 23.8. The number of para-hydroxylation sites is 1. The topological polar surface area (TPSA) is 99.5 Å². The van der Waals surface area contributed by atoms with Gasteiger partial charge in [-0.15, -0.1) is 0 Å². The maximum absolute atomic E-state index is 14.4. The number of nitrogens with zero attached hydrogens (tertiary/aromatic N) is 2. The standard InChI is InChI=1S/C32H30Cl2FN3O4S/c33-23-12-10-21(11-13-23)29-30(22-4-3-5-24(34)18-22)42-28(14-17-36)31(39)38(29)27(20-8-9-20)19-32(15-16-32)43(40,41)37-26-7-2-1-6-25(26)35/h1-7,10-13,18,20,27-30,37H,8-9,14-16,19H2/t27-,28+,29+,30-/m0/s1. The number of nitrogens with one attached hydrogen (secondary N) is 1. The van der Waals surface area contributed by atoms with Gasteiger partial charge >= 0.3 is 0 Å². The van der Waals surface area contributed by atoms with E-state index < -0.39 is 44.9 Å². The third-order valence-electron chi connectivity index (χ3n) is 8.69. The summed E-state index contributed by atoms with van der Waals surface area (Å²) < 4.78 is 49.7. The van der Waals surface area contributed by atoms with Gasteiger partial charge in [-0.2, -0.15) is 5.26 Å². The van der Waals surface area contributed by atoms with Crippen LogP contribution in [0.4, 0.5) is 10.1 Å². The van der Waals surface area contributed by atoms with Gasteiger partial charge in [-0.3, -0.25) is 9.52 Å². The van der Waals surface area contributed by atoms with Crippen molar-refractivity contribution < 1.29 is 22.3 Å². The molecule has 0 unspecified atom stereocenters. The molecule has 1 aliphatic heterocycles. The maximum Gasteiger partial charge on any atom is 0.253 e. The molecule has 1 amide bonds. The minimum absolute atomic E-state index is 0.0701. The van der Waals surface area contributed by atoms with E-state index in [0.717, 1.165) is 24.0 Å². The number of rotatable bonds is 10. The molecule has 3 aliphatic rings. The van der Waals surface area contributed by atoms with E-state index in [1.54, 1.807) is 41.3 Å². The Morgan fingerprint density at radius 1 is 1.02 bits per heavy atom. The van der Waals surface area contributed by atoms with Crippen LogP contribution in [0.3, 0.4) is 0 Å². The quantitative estimate of drug-likeness (QED) is 0.252. The zero-order valence-electron chi connectivity index (χ0n) is 23.1. The highest BCUT2D eigenvalue weighted by atomic mass is 35.5. The van der Waals surface area contributed by atoms with Crippen molar-refractivity contribution in [3.8, 4) is 6.07 Å². The van der Waals surface area contributed by atoms with Gasteiger partial charge in [-0.1, -0.05) is 59.6 Å². The SMILES string of the molecule is N#CC[C@H]1O[C@@H](c2cccc(Cl)c2)[C@@H](c2ccc(Cl)cc2)N([C@@H](CC2(S(=O)(=O)Nc3ccccc3F)CC2)C2CC2)C1=O. The molecule has 2 saturated carbocycles. The number of hydrogen-bond acceptors (Lipinski definition) is 5. The average Bonchev–Trinajstić information content (AvgIpc) is 3.90. The van der Waals surface area contributed by atoms with E-state index in [2.05, 4.69) is 10.8 Å². The van der Waals surface area contributed by atoms with Crippen LogP contribution in [-0.4, -0.2) is 36.1 Å². The van der Waals surface area contributed by atoms with Crippen LogP contribution < -0.4 is 4.72 Å². The molecule has 7 nitrogen and oxygen atoms in total. The molecule has 6 rings (SSSR count). The molecule has 0 spiro atoms. The monoisotopic (exact) mass is 641 g/mol. The summed E-state index contributed by atoms with van der Waals surface area (Å²) >= 11 is 12.6. The number of morpholine rings is 1. The fourth-order valence-corrected chi connectivity index (χ4v) is 8.19. The highest BCUT2D eigenvalue weighted by Crippen LogP contribution is 2.55. The molecule has 1 heterocycles. The molecule has 1 saturated heterocycles. The van der Waals surface area contributed by atoms with Gasteiger partial charge in [-0.25, -0.2) is 12.8 Å². The van der Waals surface area contributed by atoms with Crippen LogP contribution in [0.2, 0.25) is 10.0 Å². The van der Waals surface area contributed by atoms with Crippen LogP contribution in [0.25, 0.3) is 0 Å². The summed E-state index contributed by atoms with van der Waals surface area (Å²) in [6, 6.07) is 21.0. The van der Waals surface area contributed by atoms with Gasteiger partial charge in [0.1, 0.15) is 18.0 Å². The predicted molar refractivity (Wildman–Crippen MR) is 162 cm³/mol. The lowest BCUT2D eigenvalue weighted by atomic mass is 9.88. The lowest BCUT2D eigenvalue weighted by Crippen LogP contribution is -2.56. The predicted octanol–water partition coefficient (Wildman–Crippen LogP) is 7.20. The summed E-state index contributed by atoms with van der Waals surface area (Å²) in [7, 11) is -4.01. The molecule has 43 heavy (non-hydrogen) atoms. The molecule has 224 valence electrons. The third kappa shape index (κ3) is 5.99. The van der Waals surface area contributed by atoms with E-state index in [-0.39, 0.29) is 30.4 Å². The van der Waals surface area contributed by atoms with Gasteiger partial charge in [0, 0.05) is 16.1 Å². The van der Waals surface area contributed by atoms with Gasteiger partial charge in [0.05, 0.1) is 29.0 Å². The van der Waals surface area contributed by atoms with Gasteiger partial charge in [-0.05, 0) is 85.5 Å². The molecule has 3 aromatic carbocycles. The number of amides is 1. The molecule has 11 heteroatoms. The van der Waals surface area contributed by atoms with E-state index in [9.17, 15) is 22.9 Å². The van der Waals surface area contributed by atoms with Crippen LogP contribution in [0.5, 0.6) is 0 Å². The highest BCUT2D eigenvalue weighted by Gasteiger charge is 2.60. The first-order valence-electron chi connectivity index (χ1n) is 14.2. The summed E-state index contributed by atoms with van der Waals surface area (Å²) in [6.07, 6.45) is 0.762. The van der Waals surface area contributed by atoms with Gasteiger partial charge in [0.2, 0.25) is 10.0 Å². The summed E-state index contributed by atoms with van der Waals surface area (Å²) in [5.41, 5.74) is 1.40. The molecule has 3 aromatic rings. The second-order valence-corrected chi connectivity index (χ2v) is 14.5. The number of ether oxygens (including phenoxy) is 1. The van der Waals surface area contributed by atoms with Crippen LogP contribution in [-0.2, 0) is 19.6 Å². The number of halogens is 3. The first-order chi connectivity index (χ1) is 20.6. The maximum atomic E-state index is 14.4. The second kappa shape index (κ2) is 11.7. The van der Waals surface area contributed by atoms with E-state index in [4.69, 9.17) is 27.9 Å². The molecule has 3 fully saturated rings. The molecule has 4 atom stereocenters. The van der Waals surface area contributed by atoms with Crippen molar-refractivity contribution >= 4 is 44.8 Å². The third-order valence-corrected chi connectivity index (χ3v) is 11.4. The van der Waals surface area contributed by atoms with E-state index >= 15 is 0 Å². The van der Waals surface area contributed by atoms with Crippen molar-refractivity contribution in [1.29, 1.82) is 5.26 Å². The Hall–Kier alpha value is -3.16. The molecular formula is C32H30Cl2FN3O4S. The number of carbonyl (C=O) groups is 1. The minimum atomic E-state index is -4.01. The zero-order valence-corrected chi connectivity index (χ0v) is 25.5. The first-order valence-corrected chi connectivity index (χ1v) is 16.5. The Morgan fingerprint density at radius 3 is 2.37 bits per heavy atom. The number of hydrogen-bond donors (Lipinski definition) is 1. The van der Waals surface area contributed by atoms with Crippen molar-refractivity contribution in [3.05, 3.63) is 99.8 Å². The first kappa shape index (κ1) is 29.9. The van der Waals surface area contributed by atoms with Gasteiger partial charge in [0.15, 0.2) is 0 Å². The van der Waals surface area contributed by atoms with Gasteiger partial charge in [0.25, 0.3) is 5.91 Å². The smallest absolute Gasteiger partial charge is 0.253 e. The van der Waals surface area contributed by atoms with Gasteiger partial charge < -0.3 is 9.64 Å². The fraction of sp³-hybridized carbons (Fsp3) is 0.375. The Balaban J connectivity index is 1.43. The van der Waals surface area contributed by atoms with Crippen molar-refractivity contribution in [2.75, 3.05) is 4.72 Å². The largest absolute Gasteiger partial charge is 0.357 e. The average molecular weight is 643 g/mol. The molecule has 0 radical (unpaired) electrons. The highest BCUT2D eigenvalue weighted by molar-refractivity contribution is 7.94. The Morgan fingerprint density at radius 2 is 1.74 bits per heavy atom. The van der Waals surface area contributed by atoms with E-state index in [1.807, 2.05) is 18.2 Å². The van der Waals surface area contributed by atoms with Crippen LogP contribution in [0.15, 0.2) is 72.8 Å². The Bertz CT molecular complexity index is 1670. The fourth-order valence-electron chi connectivity index (χ4n) is 6.16. The Kier molecular flexibility index (Phi) is 8.16. The summed E-state index contributed by atoms with van der Waals surface area (Å²) in [4.78, 5) is 16.0. The lowest BCUT2D eigenvalue weighted by Gasteiger charge is -2.49. The van der Waals surface area contributed by atoms with Crippen molar-refractivity contribution in [2.24, 2.45) is 5.92 Å². The molecule has 0 bridgehead atoms. The van der Waals surface area contributed by atoms with E-state index in [0.29, 0.717) is 22.9 Å². The van der Waals surface area contributed by atoms with Crippen molar-refractivity contribution in [3.63, 3.8) is 0 Å². The Labute approximate surface area is 260 Å². The molecular weight excluding hydrogens is 612 g/mol. The number of anilines is 1. The zero-order chi connectivity index (χ0) is 30.4. The second-order valence-electron chi connectivity index (χ2n) is 11.6. The number of sulfonamides is 1. The minimum Gasteiger partial charge on any atom is -0.357 e. The van der Waals surface area contributed by atoms with E-state index in [1.165, 1.54) is 18.2 Å². The number of carbonyl (C=O) groups excluding carboxylic acids is 1. The summed E-state index contributed by atoms with van der Waals surface area (Å²) in [6.45, 7) is 0. The van der Waals surface area contributed by atoms with Crippen LogP contribution in [0, 0.1) is 23.1 Å². The molecule has 2 aliphatic carbocycles. The summed E-state index contributed by atoms with van der Waals surface area (Å²) in [5.74, 6) is -0.942. The van der Waals surface area contributed by atoms with Crippen molar-refractivity contribution in [1.82, 2.24) is 4.90 Å². The van der Waals surface area contributed by atoms with Crippen LogP contribution in [0.1, 0.15) is 61.8 Å². The molecule has 0 aromatic heterocycles. The lowest BCUT2D eigenvalue weighted by molar-refractivity contribution is -0.180.